The molecule has 2 rings (SSSR count). The van der Waals surface area contributed by atoms with E-state index in [2.05, 4.69) is 14.9 Å². The van der Waals surface area contributed by atoms with E-state index in [1.807, 2.05) is 11.2 Å². The molecule has 1 aromatic rings. The Kier molecular flexibility index (Phi) is 4.84. The normalized spacial score (nSPS) is 15.5. The lowest BCUT2D eigenvalue weighted by atomic mass is 10.3. The number of hydrogen-bond donors (Lipinski definition) is 0. The van der Waals surface area contributed by atoms with Gasteiger partial charge in [0.15, 0.2) is 0 Å². The van der Waals surface area contributed by atoms with Crippen molar-refractivity contribution in [3.8, 4) is 5.88 Å². The second-order valence-corrected chi connectivity index (χ2v) is 5.07. The summed E-state index contributed by atoms with van der Waals surface area (Å²) in [5.74, 6) is 1.98. The molecule has 0 aliphatic carbocycles. The molecule has 2 heterocycles. The summed E-state index contributed by atoms with van der Waals surface area (Å²) in [6.07, 6.45) is 3.63. The fourth-order valence-electron chi connectivity index (χ4n) is 1.97. The third kappa shape index (κ3) is 3.50. The Bertz CT molecular complexity index is 435. The summed E-state index contributed by atoms with van der Waals surface area (Å²) in [7, 11) is 1.59. The average molecular weight is 282 g/mol. The zero-order valence-electron chi connectivity index (χ0n) is 11.2. The predicted molar refractivity (Wildman–Crippen MR) is 75.8 cm³/mol. The maximum Gasteiger partial charge on any atom is 0.232 e. The van der Waals surface area contributed by atoms with Crippen molar-refractivity contribution in [2.45, 2.75) is 0 Å². The minimum Gasteiger partial charge on any atom is -0.481 e. The first kappa shape index (κ1) is 13.9. The molecule has 0 unspecified atom stereocenters. The topological polar surface area (TPSA) is 58.6 Å². The van der Waals surface area contributed by atoms with E-state index in [1.54, 1.807) is 31.1 Å². The Labute approximate surface area is 117 Å². The summed E-state index contributed by atoms with van der Waals surface area (Å²) in [5, 5.41) is 0. The SMILES string of the molecule is COc1ccnc(N2CCN(C(=O)CSC)CC2)n1. The summed E-state index contributed by atoms with van der Waals surface area (Å²) in [5.41, 5.74) is 0. The van der Waals surface area contributed by atoms with Gasteiger partial charge in [-0.1, -0.05) is 0 Å². The molecular weight excluding hydrogens is 264 g/mol. The first-order chi connectivity index (χ1) is 9.24. The van der Waals surface area contributed by atoms with Gasteiger partial charge in [-0.15, -0.1) is 0 Å². The first-order valence-corrected chi connectivity index (χ1v) is 7.52. The lowest BCUT2D eigenvalue weighted by Gasteiger charge is -2.34. The highest BCUT2D eigenvalue weighted by molar-refractivity contribution is 7.99. The van der Waals surface area contributed by atoms with E-state index in [-0.39, 0.29) is 5.91 Å². The van der Waals surface area contributed by atoms with Crippen LogP contribution in [0.5, 0.6) is 5.88 Å². The van der Waals surface area contributed by atoms with Crippen LogP contribution in [0.1, 0.15) is 0 Å². The van der Waals surface area contributed by atoms with Gasteiger partial charge in [0.05, 0.1) is 12.9 Å². The van der Waals surface area contributed by atoms with Crippen LogP contribution in [0, 0.1) is 0 Å². The van der Waals surface area contributed by atoms with E-state index in [4.69, 9.17) is 4.74 Å². The van der Waals surface area contributed by atoms with Crippen molar-refractivity contribution in [1.82, 2.24) is 14.9 Å². The molecular formula is C12H18N4O2S. The third-order valence-corrected chi connectivity index (χ3v) is 3.55. The molecule has 1 aromatic heterocycles. The van der Waals surface area contributed by atoms with Crippen LogP contribution in [-0.2, 0) is 4.79 Å². The molecule has 0 spiro atoms. The van der Waals surface area contributed by atoms with Gasteiger partial charge in [-0.3, -0.25) is 4.79 Å². The van der Waals surface area contributed by atoms with Crippen molar-refractivity contribution < 1.29 is 9.53 Å². The van der Waals surface area contributed by atoms with E-state index >= 15 is 0 Å². The molecule has 0 saturated carbocycles. The molecule has 19 heavy (non-hydrogen) atoms. The van der Waals surface area contributed by atoms with Gasteiger partial charge in [-0.2, -0.15) is 16.7 Å². The average Bonchev–Trinajstić information content (AvgIpc) is 2.48. The second-order valence-electron chi connectivity index (χ2n) is 4.20. The number of anilines is 1. The number of rotatable bonds is 4. The molecule has 0 atom stereocenters. The van der Waals surface area contributed by atoms with Gasteiger partial charge < -0.3 is 14.5 Å². The molecule has 1 amide bonds. The maximum atomic E-state index is 11.8. The molecule has 1 fully saturated rings. The number of thioether (sulfide) groups is 1. The van der Waals surface area contributed by atoms with Crippen molar-refractivity contribution in [3.05, 3.63) is 12.3 Å². The van der Waals surface area contributed by atoms with Crippen LogP contribution in [0.15, 0.2) is 12.3 Å². The zero-order valence-corrected chi connectivity index (χ0v) is 12.0. The van der Waals surface area contributed by atoms with E-state index < -0.39 is 0 Å². The summed E-state index contributed by atoms with van der Waals surface area (Å²) in [4.78, 5) is 24.3. The standard InChI is InChI=1S/C12H18N4O2S/c1-18-10-3-4-13-12(14-10)16-7-5-15(6-8-16)11(17)9-19-2/h3-4H,5-9H2,1-2H3. The Balaban J connectivity index is 1.94. The lowest BCUT2D eigenvalue weighted by molar-refractivity contribution is -0.128. The first-order valence-electron chi connectivity index (χ1n) is 6.13. The molecule has 104 valence electrons. The molecule has 1 aliphatic heterocycles. The summed E-state index contributed by atoms with van der Waals surface area (Å²) in [6, 6.07) is 1.72. The number of carbonyl (C=O) groups excluding carboxylic acids is 1. The number of piperazine rings is 1. The van der Waals surface area contributed by atoms with Crippen molar-refractivity contribution >= 4 is 23.6 Å². The Hall–Kier alpha value is -1.50. The van der Waals surface area contributed by atoms with Gasteiger partial charge in [0.2, 0.25) is 17.7 Å². The molecule has 0 N–H and O–H groups in total. The minimum absolute atomic E-state index is 0.207. The monoisotopic (exact) mass is 282 g/mol. The van der Waals surface area contributed by atoms with Crippen molar-refractivity contribution in [2.24, 2.45) is 0 Å². The molecule has 1 saturated heterocycles. The molecule has 0 bridgehead atoms. The number of aromatic nitrogens is 2. The van der Waals surface area contributed by atoms with Crippen molar-refractivity contribution in [2.75, 3.05) is 50.2 Å². The molecule has 1 aliphatic rings. The van der Waals surface area contributed by atoms with Crippen LogP contribution in [0.4, 0.5) is 5.95 Å². The van der Waals surface area contributed by atoms with Crippen LogP contribution >= 0.6 is 11.8 Å². The van der Waals surface area contributed by atoms with Gasteiger partial charge in [-0.25, -0.2) is 4.98 Å². The van der Waals surface area contributed by atoms with Crippen LogP contribution in [-0.4, -0.2) is 66.1 Å². The molecule has 0 aromatic carbocycles. The maximum absolute atomic E-state index is 11.8. The van der Waals surface area contributed by atoms with Crippen LogP contribution in [0.3, 0.4) is 0 Å². The van der Waals surface area contributed by atoms with Crippen molar-refractivity contribution in [1.29, 1.82) is 0 Å². The number of amides is 1. The minimum atomic E-state index is 0.207. The van der Waals surface area contributed by atoms with E-state index in [0.717, 1.165) is 26.2 Å². The summed E-state index contributed by atoms with van der Waals surface area (Å²) < 4.78 is 5.09. The highest BCUT2D eigenvalue weighted by atomic mass is 32.2. The number of hydrogen-bond acceptors (Lipinski definition) is 6. The fraction of sp³-hybridized carbons (Fsp3) is 0.583. The van der Waals surface area contributed by atoms with Gasteiger partial charge in [0.25, 0.3) is 0 Å². The Morgan fingerprint density at radius 3 is 2.79 bits per heavy atom. The van der Waals surface area contributed by atoms with Crippen LogP contribution < -0.4 is 9.64 Å². The highest BCUT2D eigenvalue weighted by Gasteiger charge is 2.22. The van der Waals surface area contributed by atoms with E-state index in [0.29, 0.717) is 17.6 Å². The number of nitrogens with zero attached hydrogens (tertiary/aromatic N) is 4. The molecule has 0 radical (unpaired) electrons. The van der Waals surface area contributed by atoms with Crippen LogP contribution in [0.2, 0.25) is 0 Å². The lowest BCUT2D eigenvalue weighted by Crippen LogP contribution is -2.49. The number of carbonyl (C=O) groups is 1. The quantitative estimate of drug-likeness (QED) is 0.801. The Morgan fingerprint density at radius 1 is 1.42 bits per heavy atom. The highest BCUT2D eigenvalue weighted by Crippen LogP contribution is 2.14. The van der Waals surface area contributed by atoms with Gasteiger partial charge in [-0.05, 0) is 6.26 Å². The number of ether oxygens (including phenoxy) is 1. The molecule has 7 heteroatoms. The fourth-order valence-corrected chi connectivity index (χ4v) is 2.40. The van der Waals surface area contributed by atoms with Gasteiger partial charge >= 0.3 is 0 Å². The molecule has 6 nitrogen and oxygen atoms in total. The van der Waals surface area contributed by atoms with E-state index in [1.165, 1.54) is 0 Å². The smallest absolute Gasteiger partial charge is 0.232 e. The largest absolute Gasteiger partial charge is 0.481 e. The second kappa shape index (κ2) is 6.60. The van der Waals surface area contributed by atoms with Gasteiger partial charge in [0, 0.05) is 38.4 Å². The van der Waals surface area contributed by atoms with E-state index in [9.17, 15) is 4.79 Å². The zero-order chi connectivity index (χ0) is 13.7. The number of methoxy groups -OCH3 is 1. The third-order valence-electron chi connectivity index (χ3n) is 3.01. The van der Waals surface area contributed by atoms with Crippen molar-refractivity contribution in [3.63, 3.8) is 0 Å². The summed E-state index contributed by atoms with van der Waals surface area (Å²) >= 11 is 1.56. The predicted octanol–water partition coefficient (Wildman–Crippen LogP) is 0.497. The van der Waals surface area contributed by atoms with Gasteiger partial charge in [0.1, 0.15) is 0 Å². The van der Waals surface area contributed by atoms with Crippen LogP contribution in [0.25, 0.3) is 0 Å². The Morgan fingerprint density at radius 2 is 2.16 bits per heavy atom. The summed E-state index contributed by atoms with van der Waals surface area (Å²) in [6.45, 7) is 2.96.